The molecule has 256 valence electrons. The number of nitrogens with two attached hydrogens (primary N) is 2. The number of aromatic carboxylic acids is 1. The lowest BCUT2D eigenvalue weighted by Gasteiger charge is -2.05. The largest absolute Gasteiger partial charge is 1.00 e. The van der Waals surface area contributed by atoms with Gasteiger partial charge in [-0.3, -0.25) is 14.4 Å². The van der Waals surface area contributed by atoms with Crippen LogP contribution in [0.25, 0.3) is 0 Å². The summed E-state index contributed by atoms with van der Waals surface area (Å²) in [6.07, 6.45) is 0. The summed E-state index contributed by atoms with van der Waals surface area (Å²) >= 11 is 0. The first-order valence-corrected chi connectivity index (χ1v) is 12.7. The number of ether oxygens (including phenoxy) is 3. The number of benzene rings is 3. The van der Waals surface area contributed by atoms with Gasteiger partial charge in [0.15, 0.2) is 0 Å². The number of esters is 4. The van der Waals surface area contributed by atoms with Gasteiger partial charge < -0.3 is 56.5 Å². The summed E-state index contributed by atoms with van der Waals surface area (Å²) in [6.45, 7) is 3.72. The molecule has 0 aliphatic rings. The third kappa shape index (κ3) is 17.5. The number of carbonyl (C=O) groups excluding carboxylic acids is 5. The molecule has 47 heavy (non-hydrogen) atoms. The van der Waals surface area contributed by atoms with E-state index >= 15 is 0 Å². The second-order valence-corrected chi connectivity index (χ2v) is 8.34. The van der Waals surface area contributed by atoms with Gasteiger partial charge in [-0.2, -0.15) is 0 Å². The highest BCUT2D eigenvalue weighted by Crippen LogP contribution is 2.23. The number of nitrogens with one attached hydrogen (secondary N) is 1. The molecule has 0 fully saturated rings. The van der Waals surface area contributed by atoms with E-state index in [1.165, 1.54) is 89.6 Å². The Morgan fingerprint density at radius 3 is 1.28 bits per heavy atom. The molecule has 0 aromatic heterocycles. The highest BCUT2D eigenvalue weighted by Gasteiger charge is 2.12. The van der Waals surface area contributed by atoms with Crippen LogP contribution in [0.2, 0.25) is 0 Å². The number of carboxylic acids is 1. The Kier molecular flexibility index (Phi) is 20.2. The fourth-order valence-electron chi connectivity index (χ4n) is 2.86. The summed E-state index contributed by atoms with van der Waals surface area (Å²) in [5.74, 6) is -4.44. The van der Waals surface area contributed by atoms with E-state index in [-0.39, 0.29) is 41.3 Å². The molecule has 1 amide bonds. The number of rotatable bonds is 4. The van der Waals surface area contributed by atoms with Crippen LogP contribution < -0.4 is 16.8 Å². The second kappa shape index (κ2) is 22.2. The van der Waals surface area contributed by atoms with Gasteiger partial charge in [-0.25, -0.2) is 14.4 Å². The van der Waals surface area contributed by atoms with Gasteiger partial charge >= 0.3 is 31.3 Å². The minimum atomic E-state index is -1.16. The summed E-state index contributed by atoms with van der Waals surface area (Å²) in [4.78, 5) is 62.7. The quantitative estimate of drug-likeness (QED) is 0.0859. The highest BCUT2D eigenvalue weighted by atomic mass is 16.6. The number of aliphatic hydroxyl groups is 1. The van der Waals surface area contributed by atoms with Crippen LogP contribution in [0.4, 0.5) is 17.1 Å². The molecule has 0 spiro atoms. The number of aliphatic hydroxyl groups excluding tert-OH is 1. The molecule has 3 rings (SSSR count). The first-order valence-electron chi connectivity index (χ1n) is 12.7. The Balaban J connectivity index is -0.000000564. The summed E-state index contributed by atoms with van der Waals surface area (Å²) in [5.41, 5.74) is 11.8. The van der Waals surface area contributed by atoms with Crippen molar-refractivity contribution in [3.8, 4) is 17.2 Å². The average molecular weight is 665 g/mol. The molecule has 0 bridgehead atoms. The molecule has 3 aromatic rings. The van der Waals surface area contributed by atoms with Crippen LogP contribution >= 0.6 is 0 Å². The fraction of sp³-hybridized carbons (Fsp3) is 0.200. The van der Waals surface area contributed by atoms with E-state index < -0.39 is 29.8 Å². The molecule has 3 aromatic carbocycles. The predicted molar refractivity (Wildman–Crippen MR) is 169 cm³/mol. The molecule has 17 heteroatoms. The Labute approximate surface area is 270 Å². The van der Waals surface area contributed by atoms with E-state index in [1.807, 2.05) is 0 Å². The Bertz CT molecular complexity index is 1540. The number of hydrogen-bond acceptors (Lipinski definition) is 15. The lowest BCUT2D eigenvalue weighted by Crippen LogP contribution is -2.07. The number of phenolic OH excluding ortho intramolecular Hbond substituents is 2. The van der Waals surface area contributed by atoms with Gasteiger partial charge in [-0.05, 0) is 36.4 Å². The molecule has 0 aliphatic carbocycles. The second-order valence-electron chi connectivity index (χ2n) is 8.34. The number of nitrogen functional groups attached to an aromatic ring is 2. The number of carbonyl (C=O) groups is 6. The van der Waals surface area contributed by atoms with Crippen LogP contribution in [0.3, 0.4) is 0 Å². The maximum Gasteiger partial charge on any atom is 1.00 e. The zero-order valence-electron chi connectivity index (χ0n) is 27.3. The van der Waals surface area contributed by atoms with Crippen LogP contribution in [0.15, 0.2) is 54.6 Å². The first-order chi connectivity index (χ1) is 21.9. The molecule has 0 heterocycles. The van der Waals surface area contributed by atoms with Crippen molar-refractivity contribution >= 4 is 52.8 Å². The maximum atomic E-state index is 11.1. The summed E-state index contributed by atoms with van der Waals surface area (Å²) < 4.78 is 12.8. The lowest BCUT2D eigenvalue weighted by atomic mass is 10.2. The standard InChI is InChI=1S/C10H11NO4.C8H9NO3.C7H7NO3.C4H6O3.CH4O/c1-6(12)11-7-3-4-8(9(13)5-7)10(14)15-2;1-12-8(11)6-3-2-5(9)4-7(6)10;8-4-1-2-5(7(10)11)6(9)3-4;1-3(5)7-4(2)6;1-2/h3-5,13H,1-2H3,(H,11,12);2-4,10H,9H2,1H3;1-3,9H,8H2,(H,10,11);1-2H3;2H,1H3/p+1. The molecule has 0 saturated carbocycles. The van der Waals surface area contributed by atoms with Gasteiger partial charge in [-0.1, -0.05) is 0 Å². The normalized spacial score (nSPS) is 8.91. The first kappa shape index (κ1) is 42.8. The molecular weight excluding hydrogens is 626 g/mol. The van der Waals surface area contributed by atoms with Crippen LogP contribution in [0.5, 0.6) is 17.2 Å². The van der Waals surface area contributed by atoms with Gasteiger partial charge in [0.1, 0.15) is 33.9 Å². The molecule has 0 aliphatic heterocycles. The van der Waals surface area contributed by atoms with Crippen molar-refractivity contribution in [3.63, 3.8) is 0 Å². The number of amides is 1. The Hall–Kier alpha value is -6.36. The smallest absolute Gasteiger partial charge is 0.507 e. The fourth-order valence-corrected chi connectivity index (χ4v) is 2.86. The molecular formula is C30H38N3O14+. The monoisotopic (exact) mass is 664 g/mol. The zero-order valence-corrected chi connectivity index (χ0v) is 26.3. The number of anilines is 3. The van der Waals surface area contributed by atoms with Gasteiger partial charge in [0.2, 0.25) is 5.91 Å². The summed E-state index contributed by atoms with van der Waals surface area (Å²) in [6, 6.07) is 12.3. The molecule has 10 N–H and O–H groups in total. The van der Waals surface area contributed by atoms with Gasteiger partial charge in [0.25, 0.3) is 0 Å². The Morgan fingerprint density at radius 2 is 1.00 bits per heavy atom. The third-order valence-corrected chi connectivity index (χ3v) is 4.69. The number of aromatic hydroxyl groups is 3. The van der Waals surface area contributed by atoms with Crippen LogP contribution in [0, 0.1) is 0 Å². The van der Waals surface area contributed by atoms with Crippen molar-refractivity contribution in [2.24, 2.45) is 0 Å². The van der Waals surface area contributed by atoms with Gasteiger partial charge in [0.05, 0.1) is 14.2 Å². The van der Waals surface area contributed by atoms with Crippen LogP contribution in [-0.4, -0.2) is 82.6 Å². The van der Waals surface area contributed by atoms with Crippen molar-refractivity contribution in [3.05, 3.63) is 71.3 Å². The molecule has 0 radical (unpaired) electrons. The van der Waals surface area contributed by atoms with E-state index in [9.17, 15) is 39.0 Å². The van der Waals surface area contributed by atoms with Gasteiger partial charge in [-0.15, -0.1) is 0 Å². The van der Waals surface area contributed by atoms with Crippen molar-refractivity contribution < 1.29 is 69.9 Å². The van der Waals surface area contributed by atoms with Gasteiger partial charge in [0, 0.05) is 63.1 Å². The van der Waals surface area contributed by atoms with Crippen molar-refractivity contribution in [1.29, 1.82) is 0 Å². The molecule has 0 saturated heterocycles. The van der Waals surface area contributed by atoms with E-state index in [2.05, 4.69) is 19.5 Å². The van der Waals surface area contributed by atoms with Crippen molar-refractivity contribution in [1.82, 2.24) is 0 Å². The number of methoxy groups -OCH3 is 2. The molecule has 0 unspecified atom stereocenters. The minimum absolute atomic E-state index is 0. The SMILES string of the molecule is CC(=O)OC(C)=O.CO.COC(=O)c1ccc(N)cc1O.COC(=O)c1ccc(NC(C)=O)cc1O.Nc1ccc(C(=O)O)c(O)c1.[H+]. The van der Waals surface area contributed by atoms with E-state index in [1.54, 1.807) is 0 Å². The number of phenols is 3. The molecule has 17 nitrogen and oxygen atoms in total. The highest BCUT2D eigenvalue weighted by molar-refractivity contribution is 5.95. The van der Waals surface area contributed by atoms with Crippen molar-refractivity contribution in [2.45, 2.75) is 20.8 Å². The van der Waals surface area contributed by atoms with E-state index in [0.717, 1.165) is 7.11 Å². The maximum absolute atomic E-state index is 11.1. The number of hydrogen-bond donors (Lipinski definition) is 8. The summed E-state index contributed by atoms with van der Waals surface area (Å²) in [7, 11) is 3.47. The summed E-state index contributed by atoms with van der Waals surface area (Å²) in [5, 5.41) is 45.6. The van der Waals surface area contributed by atoms with E-state index in [0.29, 0.717) is 17.1 Å². The average Bonchev–Trinajstić information content (AvgIpc) is 2.97. The minimum Gasteiger partial charge on any atom is -0.507 e. The van der Waals surface area contributed by atoms with Crippen molar-refractivity contribution in [2.75, 3.05) is 38.1 Å². The molecule has 0 atom stereocenters. The zero-order chi connectivity index (χ0) is 36.9. The van der Waals surface area contributed by atoms with Crippen LogP contribution in [-0.2, 0) is 28.6 Å². The van der Waals surface area contributed by atoms with Crippen LogP contribution in [0.1, 0.15) is 53.3 Å². The Morgan fingerprint density at radius 1 is 0.638 bits per heavy atom. The predicted octanol–water partition coefficient (Wildman–Crippen LogP) is 2.39. The lowest BCUT2D eigenvalue weighted by molar-refractivity contribution is -0.156. The number of carboxylic acid groups (broad SMARTS) is 1. The van der Waals surface area contributed by atoms with E-state index in [4.69, 9.17) is 26.8 Å². The third-order valence-electron chi connectivity index (χ3n) is 4.69. The topological polar surface area (TPSA) is 295 Å².